The number of carbonyl (C=O) groups excluding carboxylic acids is 1. The van der Waals surface area contributed by atoms with Crippen LogP contribution in [-0.4, -0.2) is 47.2 Å². The number of nitrogens with zero attached hydrogens (tertiary/aromatic N) is 1. The first-order valence-corrected chi connectivity index (χ1v) is 7.63. The highest BCUT2D eigenvalue weighted by molar-refractivity contribution is 5.94. The maximum absolute atomic E-state index is 12.6. The van der Waals surface area contributed by atoms with Crippen molar-refractivity contribution in [1.29, 1.82) is 0 Å². The van der Waals surface area contributed by atoms with Gasteiger partial charge in [0.25, 0.3) is 5.91 Å². The number of hydrogen-bond donors (Lipinski definition) is 3. The SMILES string of the molecule is CCCN(CC1CCCNC1)C(=O)c1ccc(O)c(O)c1. The molecule has 0 bridgehead atoms. The molecule has 1 unspecified atom stereocenters. The lowest BCUT2D eigenvalue weighted by molar-refractivity contribution is 0.0718. The van der Waals surface area contributed by atoms with E-state index in [0.717, 1.165) is 38.9 Å². The molecule has 1 amide bonds. The number of aromatic hydroxyl groups is 2. The summed E-state index contributed by atoms with van der Waals surface area (Å²) in [7, 11) is 0. The van der Waals surface area contributed by atoms with Crippen LogP contribution >= 0.6 is 0 Å². The smallest absolute Gasteiger partial charge is 0.254 e. The quantitative estimate of drug-likeness (QED) is 0.725. The summed E-state index contributed by atoms with van der Waals surface area (Å²) in [6.07, 6.45) is 3.19. The largest absolute Gasteiger partial charge is 0.504 e. The Morgan fingerprint density at radius 3 is 2.81 bits per heavy atom. The van der Waals surface area contributed by atoms with Gasteiger partial charge in [-0.25, -0.2) is 0 Å². The van der Waals surface area contributed by atoms with Crippen molar-refractivity contribution in [3.8, 4) is 11.5 Å². The average molecular weight is 292 g/mol. The molecule has 1 aromatic carbocycles. The Kier molecular flexibility index (Phi) is 5.44. The Hall–Kier alpha value is -1.75. The number of phenols is 2. The lowest BCUT2D eigenvalue weighted by atomic mass is 9.98. The number of carbonyl (C=O) groups is 1. The fourth-order valence-electron chi connectivity index (χ4n) is 2.78. The van der Waals surface area contributed by atoms with Crippen molar-refractivity contribution in [3.63, 3.8) is 0 Å². The van der Waals surface area contributed by atoms with Crippen molar-refractivity contribution in [1.82, 2.24) is 10.2 Å². The van der Waals surface area contributed by atoms with Crippen LogP contribution in [0, 0.1) is 5.92 Å². The molecule has 0 spiro atoms. The highest BCUT2D eigenvalue weighted by atomic mass is 16.3. The predicted octanol–water partition coefficient (Wildman–Crippen LogP) is 1.95. The first-order chi connectivity index (χ1) is 10.1. The molecule has 1 atom stereocenters. The minimum atomic E-state index is -0.253. The number of hydrogen-bond acceptors (Lipinski definition) is 4. The molecule has 1 saturated heterocycles. The molecule has 5 heteroatoms. The fraction of sp³-hybridized carbons (Fsp3) is 0.562. The van der Waals surface area contributed by atoms with Gasteiger partial charge >= 0.3 is 0 Å². The molecule has 0 aliphatic carbocycles. The van der Waals surface area contributed by atoms with E-state index in [1.807, 2.05) is 11.8 Å². The Morgan fingerprint density at radius 1 is 1.38 bits per heavy atom. The van der Waals surface area contributed by atoms with Crippen molar-refractivity contribution in [2.75, 3.05) is 26.2 Å². The molecule has 1 aliphatic rings. The maximum Gasteiger partial charge on any atom is 0.254 e. The molecule has 1 heterocycles. The number of nitrogens with one attached hydrogen (secondary N) is 1. The molecule has 0 saturated carbocycles. The first kappa shape index (κ1) is 15.6. The van der Waals surface area contributed by atoms with E-state index in [-0.39, 0.29) is 17.4 Å². The summed E-state index contributed by atoms with van der Waals surface area (Å²) in [5.74, 6) is -0.0561. The molecule has 3 N–H and O–H groups in total. The van der Waals surface area contributed by atoms with Crippen molar-refractivity contribution in [3.05, 3.63) is 23.8 Å². The Balaban J connectivity index is 2.08. The van der Waals surface area contributed by atoms with Crippen molar-refractivity contribution < 1.29 is 15.0 Å². The van der Waals surface area contributed by atoms with Crippen LogP contribution in [0.5, 0.6) is 11.5 Å². The monoisotopic (exact) mass is 292 g/mol. The first-order valence-electron chi connectivity index (χ1n) is 7.63. The third-order valence-electron chi connectivity index (χ3n) is 3.88. The van der Waals surface area contributed by atoms with Crippen LogP contribution in [0.2, 0.25) is 0 Å². The second-order valence-electron chi connectivity index (χ2n) is 5.67. The molecule has 1 aliphatic heterocycles. The lowest BCUT2D eigenvalue weighted by Gasteiger charge is -2.30. The van der Waals surface area contributed by atoms with E-state index in [1.165, 1.54) is 12.1 Å². The van der Waals surface area contributed by atoms with Crippen molar-refractivity contribution >= 4 is 5.91 Å². The standard InChI is InChI=1S/C16H24N2O3/c1-2-8-18(11-12-4-3-7-17-10-12)16(21)13-5-6-14(19)15(20)9-13/h5-6,9,12,17,19-20H,2-4,7-8,10-11H2,1H3. The highest BCUT2D eigenvalue weighted by Crippen LogP contribution is 2.26. The molecule has 5 nitrogen and oxygen atoms in total. The van der Waals surface area contributed by atoms with Crippen LogP contribution in [0.4, 0.5) is 0 Å². The van der Waals surface area contributed by atoms with E-state index in [9.17, 15) is 15.0 Å². The minimum Gasteiger partial charge on any atom is -0.504 e. The molecule has 0 radical (unpaired) electrons. The van der Waals surface area contributed by atoms with Crippen LogP contribution in [0.15, 0.2) is 18.2 Å². The molecule has 21 heavy (non-hydrogen) atoms. The fourth-order valence-corrected chi connectivity index (χ4v) is 2.78. The number of piperidine rings is 1. The summed E-state index contributed by atoms with van der Waals surface area (Å²) >= 11 is 0. The molecule has 1 fully saturated rings. The van der Waals surface area contributed by atoms with E-state index in [4.69, 9.17) is 0 Å². The number of benzene rings is 1. The zero-order valence-corrected chi connectivity index (χ0v) is 12.5. The second kappa shape index (κ2) is 7.31. The van der Waals surface area contributed by atoms with Gasteiger partial charge in [-0.15, -0.1) is 0 Å². The summed E-state index contributed by atoms with van der Waals surface area (Å²) in [6, 6.07) is 4.24. The molecule has 116 valence electrons. The van der Waals surface area contributed by atoms with Gasteiger partial charge in [0.05, 0.1) is 0 Å². The zero-order valence-electron chi connectivity index (χ0n) is 12.5. The van der Waals surface area contributed by atoms with E-state index in [2.05, 4.69) is 5.32 Å². The third-order valence-corrected chi connectivity index (χ3v) is 3.88. The molecule has 0 aromatic heterocycles. The summed E-state index contributed by atoms with van der Waals surface area (Å²) in [5.41, 5.74) is 0.419. The topological polar surface area (TPSA) is 72.8 Å². The zero-order chi connectivity index (χ0) is 15.2. The van der Waals surface area contributed by atoms with E-state index < -0.39 is 0 Å². The number of amides is 1. The van der Waals surface area contributed by atoms with E-state index >= 15 is 0 Å². The molecule has 1 aromatic rings. The van der Waals surface area contributed by atoms with Gasteiger partial charge in [-0.2, -0.15) is 0 Å². The van der Waals surface area contributed by atoms with E-state index in [0.29, 0.717) is 18.0 Å². The second-order valence-corrected chi connectivity index (χ2v) is 5.67. The summed E-state index contributed by atoms with van der Waals surface area (Å²) < 4.78 is 0. The molecule has 2 rings (SSSR count). The Morgan fingerprint density at radius 2 is 2.19 bits per heavy atom. The number of rotatable bonds is 5. The maximum atomic E-state index is 12.6. The van der Waals surface area contributed by atoms with Gasteiger partial charge in [-0.3, -0.25) is 4.79 Å². The Labute approximate surface area is 125 Å². The summed E-state index contributed by atoms with van der Waals surface area (Å²) in [5, 5.41) is 22.3. The molecular weight excluding hydrogens is 268 g/mol. The van der Waals surface area contributed by atoms with Crippen molar-refractivity contribution in [2.45, 2.75) is 26.2 Å². The van der Waals surface area contributed by atoms with Gasteiger partial charge in [0, 0.05) is 18.7 Å². The van der Waals surface area contributed by atoms with Crippen LogP contribution < -0.4 is 5.32 Å². The van der Waals surface area contributed by atoms with Gasteiger partial charge in [0.15, 0.2) is 11.5 Å². The van der Waals surface area contributed by atoms with Crippen LogP contribution in [0.1, 0.15) is 36.5 Å². The van der Waals surface area contributed by atoms with Crippen molar-refractivity contribution in [2.24, 2.45) is 5.92 Å². The average Bonchev–Trinajstić information content (AvgIpc) is 2.50. The van der Waals surface area contributed by atoms with Crippen LogP contribution in [0.3, 0.4) is 0 Å². The minimum absolute atomic E-state index is 0.0854. The van der Waals surface area contributed by atoms with Gasteiger partial charge in [0.1, 0.15) is 0 Å². The van der Waals surface area contributed by atoms with E-state index in [1.54, 1.807) is 6.07 Å². The van der Waals surface area contributed by atoms with Gasteiger partial charge in [0.2, 0.25) is 0 Å². The van der Waals surface area contributed by atoms with Gasteiger partial charge in [-0.05, 0) is 56.5 Å². The molecular formula is C16H24N2O3. The van der Waals surface area contributed by atoms with Crippen LogP contribution in [-0.2, 0) is 0 Å². The lowest BCUT2D eigenvalue weighted by Crippen LogP contribution is -2.41. The summed E-state index contributed by atoms with van der Waals surface area (Å²) in [4.78, 5) is 14.4. The van der Waals surface area contributed by atoms with Gasteiger partial charge < -0.3 is 20.4 Å². The number of phenolic OH excluding ortho intramolecular Hbond substituents is 2. The predicted molar refractivity (Wildman–Crippen MR) is 81.6 cm³/mol. The normalized spacial score (nSPS) is 18.4. The highest BCUT2D eigenvalue weighted by Gasteiger charge is 2.21. The van der Waals surface area contributed by atoms with Gasteiger partial charge in [-0.1, -0.05) is 6.92 Å². The third kappa shape index (κ3) is 4.11. The van der Waals surface area contributed by atoms with Crippen LogP contribution in [0.25, 0.3) is 0 Å². The summed E-state index contributed by atoms with van der Waals surface area (Å²) in [6.45, 7) is 5.50. The Bertz CT molecular complexity index is 484.